The first-order chi connectivity index (χ1) is 14.6. The SMILES string of the molecule is COc1ccccc1C1(C(=O)NCC2CCN(C(=O)/C=C/c3ccco3)CC2)CC1. The zero-order valence-electron chi connectivity index (χ0n) is 17.3. The molecule has 0 spiro atoms. The van der Waals surface area contributed by atoms with Gasteiger partial charge in [-0.05, 0) is 55.9 Å². The summed E-state index contributed by atoms with van der Waals surface area (Å²) in [6.07, 6.45) is 8.34. The van der Waals surface area contributed by atoms with E-state index < -0.39 is 5.41 Å². The molecule has 2 amide bonds. The Labute approximate surface area is 176 Å². The van der Waals surface area contributed by atoms with Gasteiger partial charge in [0.2, 0.25) is 11.8 Å². The van der Waals surface area contributed by atoms with Crippen LogP contribution in [0, 0.1) is 5.92 Å². The zero-order valence-corrected chi connectivity index (χ0v) is 17.3. The molecule has 1 saturated heterocycles. The van der Waals surface area contributed by atoms with Gasteiger partial charge >= 0.3 is 0 Å². The fourth-order valence-corrected chi connectivity index (χ4v) is 4.19. The van der Waals surface area contributed by atoms with Gasteiger partial charge < -0.3 is 19.4 Å². The van der Waals surface area contributed by atoms with Gasteiger partial charge in [-0.1, -0.05) is 18.2 Å². The van der Waals surface area contributed by atoms with Crippen molar-refractivity contribution >= 4 is 17.9 Å². The Kier molecular flexibility index (Phi) is 5.93. The monoisotopic (exact) mass is 408 g/mol. The van der Waals surface area contributed by atoms with Gasteiger partial charge in [0, 0.05) is 31.3 Å². The lowest BCUT2D eigenvalue weighted by atomic mass is 9.92. The van der Waals surface area contributed by atoms with Crippen molar-refractivity contribution in [3.63, 3.8) is 0 Å². The number of likely N-dealkylation sites (tertiary alicyclic amines) is 1. The minimum atomic E-state index is -0.445. The Morgan fingerprint density at radius 2 is 1.97 bits per heavy atom. The quantitative estimate of drug-likeness (QED) is 0.713. The first-order valence-corrected chi connectivity index (χ1v) is 10.5. The molecule has 0 bridgehead atoms. The lowest BCUT2D eigenvalue weighted by Crippen LogP contribution is -2.43. The number of carbonyl (C=O) groups excluding carboxylic acids is 2. The maximum Gasteiger partial charge on any atom is 0.246 e. The number of ether oxygens (including phenoxy) is 1. The first kappa shape index (κ1) is 20.3. The number of furan rings is 1. The van der Waals surface area contributed by atoms with E-state index >= 15 is 0 Å². The van der Waals surface area contributed by atoms with Crippen LogP contribution in [0.2, 0.25) is 0 Å². The molecule has 2 aromatic rings. The Morgan fingerprint density at radius 1 is 1.20 bits per heavy atom. The number of nitrogens with one attached hydrogen (secondary N) is 1. The van der Waals surface area contributed by atoms with Gasteiger partial charge in [0.25, 0.3) is 0 Å². The first-order valence-electron chi connectivity index (χ1n) is 10.5. The number of para-hydroxylation sites is 1. The summed E-state index contributed by atoms with van der Waals surface area (Å²) >= 11 is 0. The molecule has 0 radical (unpaired) electrons. The summed E-state index contributed by atoms with van der Waals surface area (Å²) in [6.45, 7) is 2.07. The summed E-state index contributed by atoms with van der Waals surface area (Å²) < 4.78 is 10.7. The third kappa shape index (κ3) is 4.27. The molecule has 0 atom stereocenters. The van der Waals surface area contributed by atoms with E-state index in [2.05, 4.69) is 5.32 Å². The van der Waals surface area contributed by atoms with Crippen LogP contribution in [0.3, 0.4) is 0 Å². The molecule has 158 valence electrons. The molecule has 0 unspecified atom stereocenters. The van der Waals surface area contributed by atoms with Gasteiger partial charge in [0.1, 0.15) is 11.5 Å². The zero-order chi connectivity index (χ0) is 21.0. The number of methoxy groups -OCH3 is 1. The number of nitrogens with zero attached hydrogens (tertiary/aromatic N) is 1. The molecule has 1 N–H and O–H groups in total. The summed E-state index contributed by atoms with van der Waals surface area (Å²) in [6, 6.07) is 11.4. The molecular formula is C24H28N2O4. The molecule has 4 rings (SSSR count). The topological polar surface area (TPSA) is 71.8 Å². The van der Waals surface area contributed by atoms with E-state index in [9.17, 15) is 9.59 Å². The third-order valence-corrected chi connectivity index (χ3v) is 6.22. The second kappa shape index (κ2) is 8.78. The molecule has 6 nitrogen and oxygen atoms in total. The van der Waals surface area contributed by atoms with Crippen LogP contribution in [0.1, 0.15) is 37.0 Å². The number of amides is 2. The van der Waals surface area contributed by atoms with Gasteiger partial charge in [0.05, 0.1) is 18.8 Å². The normalized spacial score (nSPS) is 18.4. The number of carbonyl (C=O) groups is 2. The van der Waals surface area contributed by atoms with Crippen LogP contribution in [0.5, 0.6) is 5.75 Å². The van der Waals surface area contributed by atoms with Crippen molar-refractivity contribution < 1.29 is 18.7 Å². The summed E-state index contributed by atoms with van der Waals surface area (Å²) in [4.78, 5) is 27.2. The largest absolute Gasteiger partial charge is 0.496 e. The maximum absolute atomic E-state index is 13.0. The van der Waals surface area contributed by atoms with Crippen LogP contribution in [-0.4, -0.2) is 43.5 Å². The predicted molar refractivity (Wildman–Crippen MR) is 114 cm³/mol. The van der Waals surface area contributed by atoms with E-state index in [1.807, 2.05) is 35.2 Å². The average Bonchev–Trinajstić information content (AvgIpc) is 3.44. The van der Waals surface area contributed by atoms with Crippen LogP contribution in [0.15, 0.2) is 53.2 Å². The number of piperidine rings is 1. The average molecular weight is 408 g/mol. The Morgan fingerprint density at radius 3 is 2.63 bits per heavy atom. The Balaban J connectivity index is 1.26. The summed E-state index contributed by atoms with van der Waals surface area (Å²) in [5.74, 6) is 1.93. The van der Waals surface area contributed by atoms with E-state index in [4.69, 9.17) is 9.15 Å². The summed E-state index contributed by atoms with van der Waals surface area (Å²) in [5, 5.41) is 3.17. The molecule has 1 saturated carbocycles. The lowest BCUT2D eigenvalue weighted by molar-refractivity contribution is -0.128. The van der Waals surface area contributed by atoms with Gasteiger partial charge in [-0.3, -0.25) is 9.59 Å². The molecule has 1 aliphatic carbocycles. The highest BCUT2D eigenvalue weighted by atomic mass is 16.5. The standard InChI is InChI=1S/C24H28N2O4/c1-29-21-7-3-2-6-20(21)24(12-13-24)23(28)25-17-18-10-14-26(15-11-18)22(27)9-8-19-5-4-16-30-19/h2-9,16,18H,10-15,17H2,1H3,(H,25,28)/b9-8+. The van der Waals surface area contributed by atoms with E-state index in [1.165, 1.54) is 0 Å². The molecule has 30 heavy (non-hydrogen) atoms. The van der Waals surface area contributed by atoms with Crippen LogP contribution in [-0.2, 0) is 15.0 Å². The molecule has 2 fully saturated rings. The number of hydrogen-bond donors (Lipinski definition) is 1. The van der Waals surface area contributed by atoms with Crippen molar-refractivity contribution in [2.24, 2.45) is 5.92 Å². The predicted octanol–water partition coefficient (Wildman–Crippen LogP) is 3.39. The van der Waals surface area contributed by atoms with Gasteiger partial charge in [-0.25, -0.2) is 0 Å². The summed E-state index contributed by atoms with van der Waals surface area (Å²) in [7, 11) is 1.64. The van der Waals surface area contributed by atoms with E-state index in [0.717, 1.165) is 37.0 Å². The van der Waals surface area contributed by atoms with Gasteiger partial charge in [-0.2, -0.15) is 0 Å². The number of rotatable bonds is 7. The molecule has 1 aliphatic heterocycles. The minimum Gasteiger partial charge on any atom is -0.496 e. The highest BCUT2D eigenvalue weighted by molar-refractivity contribution is 5.92. The van der Waals surface area contributed by atoms with Crippen LogP contribution < -0.4 is 10.1 Å². The Bertz CT molecular complexity index is 907. The molecule has 2 heterocycles. The second-order valence-electron chi connectivity index (χ2n) is 8.11. The fraction of sp³-hybridized carbons (Fsp3) is 0.417. The van der Waals surface area contributed by atoms with Crippen LogP contribution in [0.25, 0.3) is 6.08 Å². The smallest absolute Gasteiger partial charge is 0.246 e. The van der Waals surface area contributed by atoms with Crippen molar-refractivity contribution in [3.8, 4) is 5.75 Å². The van der Waals surface area contributed by atoms with Crippen molar-refractivity contribution in [2.45, 2.75) is 31.1 Å². The molecule has 6 heteroatoms. The number of hydrogen-bond acceptors (Lipinski definition) is 4. The van der Waals surface area contributed by atoms with Crippen LogP contribution >= 0.6 is 0 Å². The van der Waals surface area contributed by atoms with Crippen molar-refractivity contribution in [3.05, 3.63) is 60.1 Å². The minimum absolute atomic E-state index is 0.00184. The molecule has 2 aliphatic rings. The highest BCUT2D eigenvalue weighted by Gasteiger charge is 2.52. The van der Waals surface area contributed by atoms with Crippen molar-refractivity contribution in [2.75, 3.05) is 26.7 Å². The van der Waals surface area contributed by atoms with Gasteiger partial charge in [-0.15, -0.1) is 0 Å². The second-order valence-corrected chi connectivity index (χ2v) is 8.11. The Hall–Kier alpha value is -3.02. The van der Waals surface area contributed by atoms with E-state index in [1.54, 1.807) is 31.6 Å². The number of benzene rings is 1. The van der Waals surface area contributed by atoms with Gasteiger partial charge in [0.15, 0.2) is 0 Å². The van der Waals surface area contributed by atoms with E-state index in [-0.39, 0.29) is 11.8 Å². The maximum atomic E-state index is 13.0. The molecular weight excluding hydrogens is 380 g/mol. The molecule has 1 aromatic carbocycles. The molecule has 1 aromatic heterocycles. The van der Waals surface area contributed by atoms with Crippen molar-refractivity contribution in [1.29, 1.82) is 0 Å². The highest BCUT2D eigenvalue weighted by Crippen LogP contribution is 2.51. The summed E-state index contributed by atoms with van der Waals surface area (Å²) in [5.41, 5.74) is 0.536. The lowest BCUT2D eigenvalue weighted by Gasteiger charge is -2.31. The van der Waals surface area contributed by atoms with Crippen LogP contribution in [0.4, 0.5) is 0 Å². The van der Waals surface area contributed by atoms with E-state index in [0.29, 0.717) is 31.3 Å². The fourth-order valence-electron chi connectivity index (χ4n) is 4.19. The van der Waals surface area contributed by atoms with Crippen molar-refractivity contribution in [1.82, 2.24) is 10.2 Å². The third-order valence-electron chi connectivity index (χ3n) is 6.22.